The van der Waals surface area contributed by atoms with Crippen molar-refractivity contribution < 1.29 is 14.7 Å². The van der Waals surface area contributed by atoms with Crippen LogP contribution in [0.3, 0.4) is 0 Å². The summed E-state index contributed by atoms with van der Waals surface area (Å²) in [6.07, 6.45) is 5.70. The zero-order valence-electron chi connectivity index (χ0n) is 10.7. The minimum atomic E-state index is -0.731. The number of rotatable bonds is 3. The van der Waals surface area contributed by atoms with Gasteiger partial charge in [-0.3, -0.25) is 9.59 Å². The molecule has 1 unspecified atom stereocenters. The third-order valence-corrected chi connectivity index (χ3v) is 3.99. The maximum Gasteiger partial charge on any atom is 0.223 e. The average Bonchev–Trinajstić information content (AvgIpc) is 2.37. The molecule has 1 aliphatic carbocycles. The number of carbonyl (C=O) groups is 2. The maximum absolute atomic E-state index is 11.9. The normalized spacial score (nSPS) is 27.4. The number of amides is 2. The first-order chi connectivity index (χ1) is 8.59. The van der Waals surface area contributed by atoms with E-state index in [-0.39, 0.29) is 24.2 Å². The highest BCUT2D eigenvalue weighted by molar-refractivity contribution is 5.86. The lowest BCUT2D eigenvalue weighted by atomic mass is 9.84. The molecule has 3 N–H and O–H groups in total. The molecule has 2 amide bonds. The number of aliphatic hydroxyl groups is 1. The van der Waals surface area contributed by atoms with E-state index in [4.69, 9.17) is 0 Å². The van der Waals surface area contributed by atoms with Gasteiger partial charge in [0.2, 0.25) is 11.8 Å². The average molecular weight is 254 g/mol. The quantitative estimate of drug-likeness (QED) is 0.679. The molecule has 2 rings (SSSR count). The highest BCUT2D eigenvalue weighted by atomic mass is 16.3. The summed E-state index contributed by atoms with van der Waals surface area (Å²) in [5.41, 5.74) is -0.731. The van der Waals surface area contributed by atoms with Crippen molar-refractivity contribution in [2.45, 2.75) is 50.5 Å². The smallest absolute Gasteiger partial charge is 0.223 e. The van der Waals surface area contributed by atoms with Gasteiger partial charge in [-0.15, -0.1) is 0 Å². The molecule has 0 radical (unpaired) electrons. The first-order valence-corrected chi connectivity index (χ1v) is 6.86. The molecule has 1 saturated heterocycles. The van der Waals surface area contributed by atoms with Crippen molar-refractivity contribution in [1.82, 2.24) is 10.6 Å². The highest BCUT2D eigenvalue weighted by Crippen LogP contribution is 2.27. The molecular weight excluding hydrogens is 232 g/mol. The Morgan fingerprint density at radius 1 is 1.39 bits per heavy atom. The van der Waals surface area contributed by atoms with Crippen LogP contribution in [0.25, 0.3) is 0 Å². The van der Waals surface area contributed by atoms with Crippen LogP contribution < -0.4 is 10.6 Å². The van der Waals surface area contributed by atoms with Crippen LogP contribution in [-0.4, -0.2) is 35.6 Å². The molecule has 2 aliphatic rings. The summed E-state index contributed by atoms with van der Waals surface area (Å²) in [5.74, 6) is -0.382. The van der Waals surface area contributed by atoms with E-state index in [9.17, 15) is 14.7 Å². The SMILES string of the molecule is O=C1CC(C(=O)NCC2(O)CCCCC2)CCN1. The summed E-state index contributed by atoms with van der Waals surface area (Å²) in [4.78, 5) is 23.1. The van der Waals surface area contributed by atoms with Gasteiger partial charge in [0.15, 0.2) is 0 Å². The Morgan fingerprint density at radius 2 is 2.11 bits per heavy atom. The van der Waals surface area contributed by atoms with Crippen molar-refractivity contribution in [1.29, 1.82) is 0 Å². The fraction of sp³-hybridized carbons (Fsp3) is 0.846. The molecule has 0 spiro atoms. The fourth-order valence-corrected chi connectivity index (χ4v) is 2.79. The molecule has 0 aromatic carbocycles. The van der Waals surface area contributed by atoms with Gasteiger partial charge in [-0.25, -0.2) is 0 Å². The minimum Gasteiger partial charge on any atom is -0.388 e. The van der Waals surface area contributed by atoms with E-state index in [1.54, 1.807) is 0 Å². The van der Waals surface area contributed by atoms with Gasteiger partial charge in [0.25, 0.3) is 0 Å². The topological polar surface area (TPSA) is 78.4 Å². The Kier molecular flexibility index (Phi) is 4.22. The molecule has 5 nitrogen and oxygen atoms in total. The highest BCUT2D eigenvalue weighted by Gasteiger charge is 2.31. The Balaban J connectivity index is 1.78. The number of nitrogens with one attached hydrogen (secondary N) is 2. The molecule has 5 heteroatoms. The van der Waals surface area contributed by atoms with Gasteiger partial charge in [0.1, 0.15) is 0 Å². The molecule has 0 aromatic heterocycles. The molecule has 1 saturated carbocycles. The van der Waals surface area contributed by atoms with Gasteiger partial charge in [0, 0.05) is 25.4 Å². The maximum atomic E-state index is 11.9. The van der Waals surface area contributed by atoms with Crippen molar-refractivity contribution >= 4 is 11.8 Å². The first kappa shape index (κ1) is 13.3. The van der Waals surface area contributed by atoms with Crippen molar-refractivity contribution in [2.75, 3.05) is 13.1 Å². The van der Waals surface area contributed by atoms with E-state index in [0.29, 0.717) is 19.5 Å². The minimum absolute atomic E-state index is 0.0576. The van der Waals surface area contributed by atoms with Crippen LogP contribution in [0.4, 0.5) is 0 Å². The molecule has 102 valence electrons. The van der Waals surface area contributed by atoms with E-state index >= 15 is 0 Å². The molecule has 1 aliphatic heterocycles. The lowest BCUT2D eigenvalue weighted by molar-refractivity contribution is -0.133. The number of hydrogen-bond donors (Lipinski definition) is 3. The Hall–Kier alpha value is -1.10. The fourth-order valence-electron chi connectivity index (χ4n) is 2.79. The molecular formula is C13H22N2O3. The van der Waals surface area contributed by atoms with E-state index in [1.807, 2.05) is 0 Å². The van der Waals surface area contributed by atoms with Crippen LogP contribution in [-0.2, 0) is 9.59 Å². The number of carbonyl (C=O) groups excluding carboxylic acids is 2. The van der Waals surface area contributed by atoms with Gasteiger partial charge in [-0.05, 0) is 19.3 Å². The van der Waals surface area contributed by atoms with Crippen LogP contribution in [0.15, 0.2) is 0 Å². The van der Waals surface area contributed by atoms with Gasteiger partial charge in [-0.2, -0.15) is 0 Å². The predicted octanol–water partition coefficient (Wildman–Crippen LogP) is 0.324. The second-order valence-corrected chi connectivity index (χ2v) is 5.54. The predicted molar refractivity (Wildman–Crippen MR) is 66.8 cm³/mol. The van der Waals surface area contributed by atoms with E-state index in [0.717, 1.165) is 25.7 Å². The zero-order valence-corrected chi connectivity index (χ0v) is 10.7. The number of piperidine rings is 1. The van der Waals surface area contributed by atoms with Crippen LogP contribution in [0.5, 0.6) is 0 Å². The number of hydrogen-bond acceptors (Lipinski definition) is 3. The lowest BCUT2D eigenvalue weighted by Gasteiger charge is -2.33. The first-order valence-electron chi connectivity index (χ1n) is 6.86. The Labute approximate surface area is 107 Å². The molecule has 18 heavy (non-hydrogen) atoms. The van der Waals surface area contributed by atoms with Crippen molar-refractivity contribution in [2.24, 2.45) is 5.92 Å². The van der Waals surface area contributed by atoms with Crippen LogP contribution >= 0.6 is 0 Å². The van der Waals surface area contributed by atoms with Crippen LogP contribution in [0.1, 0.15) is 44.9 Å². The second-order valence-electron chi connectivity index (χ2n) is 5.54. The molecule has 0 aromatic rings. The Morgan fingerprint density at radius 3 is 2.78 bits per heavy atom. The lowest BCUT2D eigenvalue weighted by Crippen LogP contribution is -2.47. The summed E-state index contributed by atoms with van der Waals surface area (Å²) in [6.45, 7) is 0.894. The van der Waals surface area contributed by atoms with Crippen molar-refractivity contribution in [3.8, 4) is 0 Å². The molecule has 2 fully saturated rings. The second kappa shape index (κ2) is 5.69. The molecule has 0 bridgehead atoms. The summed E-state index contributed by atoms with van der Waals surface area (Å²) >= 11 is 0. The van der Waals surface area contributed by atoms with E-state index in [2.05, 4.69) is 10.6 Å². The van der Waals surface area contributed by atoms with Crippen molar-refractivity contribution in [3.05, 3.63) is 0 Å². The van der Waals surface area contributed by atoms with Crippen molar-refractivity contribution in [3.63, 3.8) is 0 Å². The summed E-state index contributed by atoms with van der Waals surface area (Å²) < 4.78 is 0. The van der Waals surface area contributed by atoms with E-state index < -0.39 is 5.60 Å². The monoisotopic (exact) mass is 254 g/mol. The third-order valence-electron chi connectivity index (χ3n) is 3.99. The largest absolute Gasteiger partial charge is 0.388 e. The van der Waals surface area contributed by atoms with Crippen LogP contribution in [0.2, 0.25) is 0 Å². The van der Waals surface area contributed by atoms with Gasteiger partial charge in [0.05, 0.1) is 5.60 Å². The van der Waals surface area contributed by atoms with Crippen LogP contribution in [0, 0.1) is 5.92 Å². The van der Waals surface area contributed by atoms with Gasteiger partial charge >= 0.3 is 0 Å². The van der Waals surface area contributed by atoms with Gasteiger partial charge in [-0.1, -0.05) is 19.3 Å². The summed E-state index contributed by atoms with van der Waals surface area (Å²) in [5, 5.41) is 15.8. The standard InChI is InChI=1S/C13H22N2O3/c16-11-8-10(4-7-14-11)12(17)15-9-13(18)5-2-1-3-6-13/h10,18H,1-9H2,(H,14,16)(H,15,17). The van der Waals surface area contributed by atoms with Gasteiger partial charge < -0.3 is 15.7 Å². The Bertz CT molecular complexity index is 324. The molecule has 1 heterocycles. The molecule has 1 atom stereocenters. The van der Waals surface area contributed by atoms with E-state index in [1.165, 1.54) is 6.42 Å². The zero-order chi connectivity index (χ0) is 13.0. The summed E-state index contributed by atoms with van der Waals surface area (Å²) in [7, 11) is 0. The third kappa shape index (κ3) is 3.45. The summed E-state index contributed by atoms with van der Waals surface area (Å²) in [6, 6.07) is 0.